The van der Waals surface area contributed by atoms with Gasteiger partial charge in [-0.05, 0) is 20.8 Å². The first kappa shape index (κ1) is 17.3. The largest absolute Gasteiger partial charge is 0.334 e. The van der Waals surface area contributed by atoms with Crippen LogP contribution < -0.4 is 10.2 Å². The Balaban J connectivity index is 1.78. The van der Waals surface area contributed by atoms with Crippen LogP contribution in [0.5, 0.6) is 0 Å². The average Bonchev–Trinajstić information content (AvgIpc) is 3.09. The molecule has 2 amide bonds. The van der Waals surface area contributed by atoms with E-state index in [0.717, 1.165) is 35.9 Å². The van der Waals surface area contributed by atoms with E-state index in [9.17, 15) is 9.59 Å². The molecule has 0 aromatic carbocycles. The van der Waals surface area contributed by atoms with Gasteiger partial charge in [0.2, 0.25) is 0 Å². The molecular formula is C16H26N5O2S+. The van der Waals surface area contributed by atoms with Gasteiger partial charge in [0.15, 0.2) is 0 Å². The molecule has 0 spiro atoms. The molecule has 3 heterocycles. The fraction of sp³-hybridized carbons (Fsp3) is 0.688. The molecule has 0 unspecified atom stereocenters. The lowest BCUT2D eigenvalue weighted by molar-refractivity contribution is -0.883. The number of quaternary nitrogens is 1. The summed E-state index contributed by atoms with van der Waals surface area (Å²) in [6.07, 6.45) is 0. The molecule has 0 atom stereocenters. The van der Waals surface area contributed by atoms with E-state index in [1.807, 2.05) is 25.5 Å². The summed E-state index contributed by atoms with van der Waals surface area (Å²) in [5, 5.41) is 7.51. The predicted octanol–water partition coefficient (Wildman–Crippen LogP) is -0.320. The summed E-state index contributed by atoms with van der Waals surface area (Å²) >= 11 is 1.78. The number of anilines is 1. The lowest BCUT2D eigenvalue weighted by Crippen LogP contribution is -3.12. The number of nitrogens with one attached hydrogen (secondary N) is 2. The highest BCUT2D eigenvalue weighted by Crippen LogP contribution is 2.37. The van der Waals surface area contributed by atoms with Gasteiger partial charge in [-0.25, -0.2) is 4.68 Å². The molecule has 7 nitrogen and oxygen atoms in total. The van der Waals surface area contributed by atoms with Crippen LogP contribution in [0.1, 0.15) is 32.0 Å². The van der Waals surface area contributed by atoms with Crippen molar-refractivity contribution in [2.75, 3.05) is 38.5 Å². The number of hydrogen-bond donors (Lipinski definition) is 2. The number of carbonyl (C=O) groups is 2. The number of thioether (sulfide) groups is 1. The van der Waals surface area contributed by atoms with E-state index in [2.05, 4.69) is 17.5 Å². The maximum absolute atomic E-state index is 12.5. The van der Waals surface area contributed by atoms with Crippen molar-refractivity contribution in [2.24, 2.45) is 0 Å². The zero-order valence-electron chi connectivity index (χ0n) is 14.8. The van der Waals surface area contributed by atoms with E-state index in [1.165, 1.54) is 4.90 Å². The zero-order chi connectivity index (χ0) is 17.5. The minimum Gasteiger partial charge on any atom is -0.334 e. The minimum atomic E-state index is -0.556. The minimum absolute atomic E-state index is 0.252. The van der Waals surface area contributed by atoms with E-state index < -0.39 is 11.8 Å². The Morgan fingerprint density at radius 1 is 1.21 bits per heavy atom. The van der Waals surface area contributed by atoms with Crippen molar-refractivity contribution in [2.45, 2.75) is 37.8 Å². The van der Waals surface area contributed by atoms with Crippen LogP contribution in [-0.2, 0) is 26.6 Å². The second kappa shape index (κ2) is 6.40. The summed E-state index contributed by atoms with van der Waals surface area (Å²) in [6.45, 7) is 9.15. The normalized spacial score (nSPS) is 18.6. The first-order chi connectivity index (χ1) is 11.3. The SMILES string of the molecule is C[NH+]1CCN(C(=O)C(=O)Nc2c3c(nn2C(C)(C)C)CSC3)CC1. The van der Waals surface area contributed by atoms with E-state index in [0.29, 0.717) is 18.9 Å². The Hall–Kier alpha value is -1.54. The number of rotatable bonds is 1. The number of hydrogen-bond acceptors (Lipinski definition) is 4. The molecule has 0 saturated carbocycles. The van der Waals surface area contributed by atoms with Gasteiger partial charge >= 0.3 is 11.8 Å². The topological polar surface area (TPSA) is 71.7 Å². The third kappa shape index (κ3) is 3.30. The lowest BCUT2D eigenvalue weighted by atomic mass is 10.1. The molecule has 2 N–H and O–H groups in total. The molecule has 0 radical (unpaired) electrons. The van der Waals surface area contributed by atoms with Crippen LogP contribution in [0.25, 0.3) is 0 Å². The van der Waals surface area contributed by atoms with Gasteiger partial charge in [0.25, 0.3) is 0 Å². The maximum atomic E-state index is 12.5. The van der Waals surface area contributed by atoms with Crippen LogP contribution in [0, 0.1) is 0 Å². The van der Waals surface area contributed by atoms with Crippen molar-refractivity contribution in [3.05, 3.63) is 11.3 Å². The molecule has 8 heteroatoms. The third-order valence-electron chi connectivity index (χ3n) is 4.52. The van der Waals surface area contributed by atoms with Crippen LogP contribution in [0.2, 0.25) is 0 Å². The summed E-state index contributed by atoms with van der Waals surface area (Å²) in [4.78, 5) is 28.0. The van der Waals surface area contributed by atoms with Crippen LogP contribution in [0.15, 0.2) is 0 Å². The molecule has 3 rings (SSSR count). The smallest absolute Gasteiger partial charge is 0.315 e. The number of fused-ring (bicyclic) bond motifs is 1. The van der Waals surface area contributed by atoms with E-state index in [1.54, 1.807) is 16.7 Å². The van der Waals surface area contributed by atoms with Gasteiger partial charge in [0.1, 0.15) is 5.82 Å². The summed E-state index contributed by atoms with van der Waals surface area (Å²) < 4.78 is 1.84. The van der Waals surface area contributed by atoms with Gasteiger partial charge in [0.05, 0.1) is 44.5 Å². The molecule has 24 heavy (non-hydrogen) atoms. The molecule has 0 aliphatic carbocycles. The molecule has 2 aliphatic rings. The second-order valence-electron chi connectivity index (χ2n) is 7.55. The highest BCUT2D eigenvalue weighted by atomic mass is 32.2. The van der Waals surface area contributed by atoms with E-state index in [-0.39, 0.29) is 5.54 Å². The van der Waals surface area contributed by atoms with Crippen LogP contribution in [0.4, 0.5) is 5.82 Å². The third-order valence-corrected chi connectivity index (χ3v) is 5.49. The van der Waals surface area contributed by atoms with Crippen molar-refractivity contribution in [1.82, 2.24) is 14.7 Å². The lowest BCUT2D eigenvalue weighted by Gasteiger charge is -2.29. The number of carbonyl (C=O) groups excluding carboxylic acids is 2. The van der Waals surface area contributed by atoms with E-state index >= 15 is 0 Å². The van der Waals surface area contributed by atoms with Gasteiger partial charge in [0, 0.05) is 17.1 Å². The highest BCUT2D eigenvalue weighted by molar-refractivity contribution is 7.98. The number of amides is 2. The van der Waals surface area contributed by atoms with E-state index in [4.69, 9.17) is 0 Å². The Kier molecular flexibility index (Phi) is 4.61. The van der Waals surface area contributed by atoms with Gasteiger partial charge in [-0.2, -0.15) is 16.9 Å². The summed E-state index contributed by atoms with van der Waals surface area (Å²) in [7, 11) is 2.10. The van der Waals surface area contributed by atoms with Crippen molar-refractivity contribution in [1.29, 1.82) is 0 Å². The Morgan fingerprint density at radius 3 is 2.50 bits per heavy atom. The van der Waals surface area contributed by atoms with Gasteiger partial charge < -0.3 is 15.1 Å². The molecule has 2 aliphatic heterocycles. The van der Waals surface area contributed by atoms with Gasteiger partial charge in [-0.1, -0.05) is 0 Å². The van der Waals surface area contributed by atoms with Crippen molar-refractivity contribution < 1.29 is 14.5 Å². The summed E-state index contributed by atoms with van der Waals surface area (Å²) in [6, 6.07) is 0. The number of piperazine rings is 1. The Bertz CT molecular complexity index is 656. The average molecular weight is 352 g/mol. The number of aromatic nitrogens is 2. The maximum Gasteiger partial charge on any atom is 0.315 e. The zero-order valence-corrected chi connectivity index (χ0v) is 15.6. The summed E-state index contributed by atoms with van der Waals surface area (Å²) in [5.41, 5.74) is 1.82. The van der Waals surface area contributed by atoms with Crippen LogP contribution in [0.3, 0.4) is 0 Å². The first-order valence-electron chi connectivity index (χ1n) is 8.38. The summed E-state index contributed by atoms with van der Waals surface area (Å²) in [5.74, 6) is 1.37. The van der Waals surface area contributed by atoms with Crippen molar-refractivity contribution in [3.63, 3.8) is 0 Å². The molecule has 0 bridgehead atoms. The molecule has 1 aromatic rings. The van der Waals surface area contributed by atoms with Crippen LogP contribution >= 0.6 is 11.8 Å². The molecular weight excluding hydrogens is 326 g/mol. The Morgan fingerprint density at radius 2 is 1.88 bits per heavy atom. The number of nitrogens with zero attached hydrogens (tertiary/aromatic N) is 3. The van der Waals surface area contributed by atoms with Crippen molar-refractivity contribution >= 4 is 29.4 Å². The van der Waals surface area contributed by atoms with Gasteiger partial charge in [-0.15, -0.1) is 0 Å². The van der Waals surface area contributed by atoms with Crippen LogP contribution in [-0.4, -0.2) is 59.7 Å². The molecule has 1 fully saturated rings. The molecule has 132 valence electrons. The second-order valence-corrected chi connectivity index (χ2v) is 8.54. The Labute approximate surface area is 146 Å². The fourth-order valence-electron chi connectivity index (χ4n) is 3.02. The number of likely N-dealkylation sites (N-methyl/N-ethyl adjacent to an activating group) is 1. The molecule has 1 saturated heterocycles. The van der Waals surface area contributed by atoms with Crippen molar-refractivity contribution in [3.8, 4) is 0 Å². The standard InChI is InChI=1S/C16H25N5O2S/c1-16(2,3)21-13(11-9-24-10-12(11)18-21)17-14(22)15(23)20-7-5-19(4)6-8-20/h5-10H2,1-4H3,(H,17,22)/p+1. The van der Waals surface area contributed by atoms with Gasteiger partial charge in [-0.3, -0.25) is 9.59 Å². The first-order valence-corrected chi connectivity index (χ1v) is 9.53. The predicted molar refractivity (Wildman–Crippen MR) is 94.1 cm³/mol. The highest BCUT2D eigenvalue weighted by Gasteiger charge is 2.32. The monoisotopic (exact) mass is 352 g/mol. The fourth-order valence-corrected chi connectivity index (χ4v) is 4.06. The quantitative estimate of drug-likeness (QED) is 0.680. The molecule has 1 aromatic heterocycles.